The molecule has 0 spiro atoms. The van der Waals surface area contributed by atoms with Crippen molar-refractivity contribution >= 4 is 10.0 Å². The van der Waals surface area contributed by atoms with Crippen molar-refractivity contribution in [3.63, 3.8) is 0 Å². The van der Waals surface area contributed by atoms with E-state index in [1.807, 2.05) is 13.8 Å². The van der Waals surface area contributed by atoms with Crippen LogP contribution in [0.25, 0.3) is 0 Å². The van der Waals surface area contributed by atoms with Gasteiger partial charge in [-0.3, -0.25) is 0 Å². The fraction of sp³-hybridized carbons (Fsp3) is 0.667. The van der Waals surface area contributed by atoms with Gasteiger partial charge in [-0.25, -0.2) is 13.1 Å². The van der Waals surface area contributed by atoms with Crippen LogP contribution in [0.2, 0.25) is 0 Å². The summed E-state index contributed by atoms with van der Waals surface area (Å²) in [6, 6.07) is 4.13. The largest absolute Gasteiger partial charge is 0.495 e. The van der Waals surface area contributed by atoms with Crippen LogP contribution in [0.3, 0.4) is 0 Å². The topological polar surface area (TPSA) is 58.6 Å². The lowest BCUT2D eigenvalue weighted by atomic mass is 10.1. The van der Waals surface area contributed by atoms with Gasteiger partial charge in [0.25, 0.3) is 0 Å². The highest BCUT2D eigenvalue weighted by molar-refractivity contribution is 7.89. The van der Waals surface area contributed by atoms with Crippen LogP contribution < -0.4 is 9.46 Å². The van der Waals surface area contributed by atoms with E-state index in [0.717, 1.165) is 24.1 Å². The lowest BCUT2D eigenvalue weighted by molar-refractivity contribution is 0.243. The molecule has 1 aliphatic rings. The highest BCUT2D eigenvalue weighted by atomic mass is 32.2. The van der Waals surface area contributed by atoms with Crippen molar-refractivity contribution in [3.8, 4) is 5.75 Å². The third-order valence-corrected chi connectivity index (χ3v) is 6.48. The normalized spacial score (nSPS) is 16.0. The van der Waals surface area contributed by atoms with Gasteiger partial charge in [0, 0.05) is 12.6 Å². The first-order chi connectivity index (χ1) is 11.3. The minimum Gasteiger partial charge on any atom is -0.495 e. The Morgan fingerprint density at radius 1 is 1.21 bits per heavy atom. The summed E-state index contributed by atoms with van der Waals surface area (Å²) in [5.41, 5.74) is 1.96. The van der Waals surface area contributed by atoms with Crippen molar-refractivity contribution in [2.75, 3.05) is 27.2 Å². The maximum absolute atomic E-state index is 12.6. The predicted octanol–water partition coefficient (Wildman–Crippen LogP) is 2.85. The van der Waals surface area contributed by atoms with E-state index in [2.05, 4.69) is 16.7 Å². The molecule has 5 nitrogen and oxygen atoms in total. The molecule has 0 bridgehead atoms. The van der Waals surface area contributed by atoms with Crippen molar-refractivity contribution < 1.29 is 13.2 Å². The highest BCUT2D eigenvalue weighted by Crippen LogP contribution is 2.27. The Hall–Kier alpha value is -1.11. The molecule has 0 radical (unpaired) electrons. The van der Waals surface area contributed by atoms with Gasteiger partial charge in [-0.2, -0.15) is 0 Å². The Labute approximate surface area is 146 Å². The maximum Gasteiger partial charge on any atom is 0.244 e. The maximum atomic E-state index is 12.6. The van der Waals surface area contributed by atoms with Gasteiger partial charge in [-0.15, -0.1) is 0 Å². The summed E-state index contributed by atoms with van der Waals surface area (Å²) in [6.45, 7) is 5.21. The molecule has 2 rings (SSSR count). The number of ether oxygens (including phenoxy) is 1. The van der Waals surface area contributed by atoms with Crippen LogP contribution in [0, 0.1) is 13.8 Å². The molecule has 1 aromatic rings. The molecule has 136 valence electrons. The molecule has 0 amide bonds. The smallest absolute Gasteiger partial charge is 0.244 e. The number of sulfonamides is 1. The highest BCUT2D eigenvalue weighted by Gasteiger charge is 2.21. The van der Waals surface area contributed by atoms with Gasteiger partial charge in [0.05, 0.1) is 7.11 Å². The Morgan fingerprint density at radius 2 is 1.83 bits per heavy atom. The predicted molar refractivity (Wildman–Crippen MR) is 97.2 cm³/mol. The second-order valence-corrected chi connectivity index (χ2v) is 8.49. The zero-order chi connectivity index (χ0) is 17.7. The molecule has 1 aliphatic carbocycles. The van der Waals surface area contributed by atoms with Crippen LogP contribution in [-0.2, 0) is 10.0 Å². The molecule has 0 saturated heterocycles. The molecular weight excluding hydrogens is 324 g/mol. The first kappa shape index (κ1) is 19.2. The summed E-state index contributed by atoms with van der Waals surface area (Å²) in [5.74, 6) is 0.397. The average Bonchev–Trinajstić information content (AvgIpc) is 3.08. The van der Waals surface area contributed by atoms with E-state index in [-0.39, 0.29) is 4.90 Å². The second kappa shape index (κ2) is 8.32. The van der Waals surface area contributed by atoms with Crippen molar-refractivity contribution in [3.05, 3.63) is 23.3 Å². The number of methoxy groups -OCH3 is 1. The first-order valence-corrected chi connectivity index (χ1v) is 10.2. The van der Waals surface area contributed by atoms with E-state index in [0.29, 0.717) is 18.3 Å². The Balaban J connectivity index is 1.93. The van der Waals surface area contributed by atoms with E-state index >= 15 is 0 Å². The van der Waals surface area contributed by atoms with Gasteiger partial charge < -0.3 is 9.64 Å². The summed E-state index contributed by atoms with van der Waals surface area (Å²) in [7, 11) is 0.0827. The van der Waals surface area contributed by atoms with Gasteiger partial charge in [-0.05, 0) is 70.0 Å². The van der Waals surface area contributed by atoms with E-state index in [1.54, 1.807) is 12.1 Å². The average molecular weight is 355 g/mol. The summed E-state index contributed by atoms with van der Waals surface area (Å²) in [4.78, 5) is 2.58. The Bertz CT molecular complexity index is 652. The molecule has 1 fully saturated rings. The monoisotopic (exact) mass is 354 g/mol. The van der Waals surface area contributed by atoms with Crippen LogP contribution in [0.15, 0.2) is 17.0 Å². The number of nitrogens with one attached hydrogen (secondary N) is 1. The number of hydrogen-bond donors (Lipinski definition) is 1. The molecule has 24 heavy (non-hydrogen) atoms. The number of aryl methyl sites for hydroxylation is 2. The molecule has 0 aromatic heterocycles. The lowest BCUT2D eigenvalue weighted by Gasteiger charge is -2.23. The number of benzene rings is 1. The molecule has 0 aliphatic heterocycles. The summed E-state index contributed by atoms with van der Waals surface area (Å²) in [5, 5.41) is 0. The van der Waals surface area contributed by atoms with Gasteiger partial charge in [0.1, 0.15) is 10.6 Å². The van der Waals surface area contributed by atoms with Gasteiger partial charge in [-0.1, -0.05) is 12.8 Å². The number of rotatable bonds is 8. The van der Waals surface area contributed by atoms with E-state index < -0.39 is 10.0 Å². The number of nitrogens with zero attached hydrogens (tertiary/aromatic N) is 1. The summed E-state index contributed by atoms with van der Waals surface area (Å²) < 4.78 is 33.1. The van der Waals surface area contributed by atoms with Crippen molar-refractivity contribution in [1.29, 1.82) is 0 Å². The van der Waals surface area contributed by atoms with Gasteiger partial charge in [0.2, 0.25) is 10.0 Å². The van der Waals surface area contributed by atoms with Crippen LogP contribution in [0.1, 0.15) is 43.2 Å². The minimum atomic E-state index is -3.55. The first-order valence-electron chi connectivity index (χ1n) is 8.70. The molecule has 1 saturated carbocycles. The molecule has 0 heterocycles. The van der Waals surface area contributed by atoms with Crippen LogP contribution >= 0.6 is 0 Å². The van der Waals surface area contributed by atoms with Crippen molar-refractivity contribution in [2.45, 2.75) is 56.9 Å². The molecule has 0 atom stereocenters. The van der Waals surface area contributed by atoms with E-state index in [4.69, 9.17) is 4.74 Å². The molecule has 0 unspecified atom stereocenters. The fourth-order valence-electron chi connectivity index (χ4n) is 3.27. The van der Waals surface area contributed by atoms with Gasteiger partial charge in [0.15, 0.2) is 0 Å². The minimum absolute atomic E-state index is 0.220. The fourth-order valence-corrected chi connectivity index (χ4v) is 4.58. The van der Waals surface area contributed by atoms with Crippen molar-refractivity contribution in [1.82, 2.24) is 9.62 Å². The SMILES string of the molecule is COc1cc(C)c(C)cc1S(=O)(=O)NCCCN(C)C1CCCC1. The van der Waals surface area contributed by atoms with Crippen LogP contribution in [0.4, 0.5) is 0 Å². The summed E-state index contributed by atoms with van der Waals surface area (Å²) in [6.07, 6.45) is 5.96. The standard InChI is InChI=1S/C18H30N2O3S/c1-14-12-17(23-4)18(13-15(14)2)24(21,22)19-10-7-11-20(3)16-8-5-6-9-16/h12-13,16,19H,5-11H2,1-4H3. The zero-order valence-corrected chi connectivity index (χ0v) is 16.1. The van der Waals surface area contributed by atoms with Crippen molar-refractivity contribution in [2.24, 2.45) is 0 Å². The number of hydrogen-bond acceptors (Lipinski definition) is 4. The lowest BCUT2D eigenvalue weighted by Crippen LogP contribution is -2.33. The van der Waals surface area contributed by atoms with Gasteiger partial charge >= 0.3 is 0 Å². The quantitative estimate of drug-likeness (QED) is 0.729. The Kier molecular flexibility index (Phi) is 6.66. The molecule has 1 N–H and O–H groups in total. The van der Waals surface area contributed by atoms with E-state index in [9.17, 15) is 8.42 Å². The third kappa shape index (κ3) is 4.71. The Morgan fingerprint density at radius 3 is 2.46 bits per heavy atom. The molecule has 1 aromatic carbocycles. The second-order valence-electron chi connectivity index (χ2n) is 6.76. The third-order valence-electron chi connectivity index (χ3n) is 5.00. The van der Waals surface area contributed by atoms with Crippen LogP contribution in [-0.4, -0.2) is 46.6 Å². The molecule has 6 heteroatoms. The zero-order valence-electron chi connectivity index (χ0n) is 15.3. The van der Waals surface area contributed by atoms with Crippen LogP contribution in [0.5, 0.6) is 5.75 Å². The summed E-state index contributed by atoms with van der Waals surface area (Å²) >= 11 is 0. The van der Waals surface area contributed by atoms with E-state index in [1.165, 1.54) is 32.8 Å². The molecular formula is C18H30N2O3S.